The van der Waals surface area contributed by atoms with Crippen molar-refractivity contribution in [2.45, 2.75) is 116 Å². The van der Waals surface area contributed by atoms with Gasteiger partial charge in [0.15, 0.2) is 0 Å². The van der Waals surface area contributed by atoms with E-state index in [0.29, 0.717) is 0 Å². The maximum atomic E-state index is 2.62. The van der Waals surface area contributed by atoms with Gasteiger partial charge in [-0.1, -0.05) is 71.1 Å². The average Bonchev–Trinajstić information content (AvgIpc) is 2.69. The van der Waals surface area contributed by atoms with Crippen molar-refractivity contribution < 1.29 is 0 Å². The van der Waals surface area contributed by atoms with Crippen LogP contribution < -0.4 is 0 Å². The summed E-state index contributed by atoms with van der Waals surface area (Å²) in [5.74, 6) is 7.67. The van der Waals surface area contributed by atoms with Gasteiger partial charge >= 0.3 is 0 Å². The van der Waals surface area contributed by atoms with Crippen LogP contribution in [0.4, 0.5) is 0 Å². The Balaban J connectivity index is 1.24. The van der Waals surface area contributed by atoms with Gasteiger partial charge in [0.05, 0.1) is 0 Å². The molecule has 0 N–H and O–H groups in total. The smallest absolute Gasteiger partial charge is 0.0360 e. The van der Waals surface area contributed by atoms with Gasteiger partial charge in [-0.2, -0.15) is 0 Å². The number of hydrogen-bond donors (Lipinski definition) is 0. The second kappa shape index (κ2) is 8.79. The van der Waals surface area contributed by atoms with Crippen molar-refractivity contribution in [2.75, 3.05) is 0 Å². The topological polar surface area (TPSA) is 0 Å². The Kier molecular flexibility index (Phi) is 6.46. The van der Waals surface area contributed by atoms with Crippen LogP contribution in [0.15, 0.2) is 0 Å². The zero-order chi connectivity index (χ0) is 17.1. The molecule has 4 saturated carbocycles. The van der Waals surface area contributed by atoms with E-state index in [1.807, 2.05) is 0 Å². The summed E-state index contributed by atoms with van der Waals surface area (Å²) in [6.07, 6.45) is 26.5. The molecule has 0 saturated heterocycles. The highest BCUT2D eigenvalue weighted by molar-refractivity contribution is 4.88. The summed E-state index contributed by atoms with van der Waals surface area (Å²) in [7, 11) is 0. The first-order valence-corrected chi connectivity index (χ1v) is 12.3. The molecule has 0 amide bonds. The monoisotopic (exact) mass is 344 g/mol. The standard InChI is InChI=1S/C25H44/c1-19-18-24(16-17-25(19)23-10-6-3-7-11-23)22-14-12-21(13-15-22)20-8-4-2-5-9-20/h19-25H,2-18H2,1H3. The molecule has 0 spiro atoms. The zero-order valence-corrected chi connectivity index (χ0v) is 17.1. The van der Waals surface area contributed by atoms with Gasteiger partial charge in [-0.25, -0.2) is 0 Å². The first-order chi connectivity index (χ1) is 12.3. The predicted octanol–water partition coefficient (Wildman–Crippen LogP) is 8.01. The fraction of sp³-hybridized carbons (Fsp3) is 1.00. The molecule has 144 valence electrons. The predicted molar refractivity (Wildman–Crippen MR) is 109 cm³/mol. The van der Waals surface area contributed by atoms with Crippen LogP contribution in [0, 0.1) is 41.4 Å². The molecule has 0 bridgehead atoms. The molecular weight excluding hydrogens is 300 g/mol. The van der Waals surface area contributed by atoms with Crippen LogP contribution in [0.2, 0.25) is 0 Å². The highest BCUT2D eigenvalue weighted by Gasteiger charge is 2.38. The van der Waals surface area contributed by atoms with E-state index in [1.54, 1.807) is 70.6 Å². The van der Waals surface area contributed by atoms with Gasteiger partial charge in [0.2, 0.25) is 0 Å². The van der Waals surface area contributed by atoms with Gasteiger partial charge < -0.3 is 0 Å². The van der Waals surface area contributed by atoms with Gasteiger partial charge in [0.25, 0.3) is 0 Å². The fourth-order valence-electron chi connectivity index (χ4n) is 7.85. The van der Waals surface area contributed by atoms with Gasteiger partial charge in [0.1, 0.15) is 0 Å². The minimum absolute atomic E-state index is 1.03. The quantitative estimate of drug-likeness (QED) is 0.486. The Morgan fingerprint density at radius 3 is 1.40 bits per heavy atom. The van der Waals surface area contributed by atoms with Gasteiger partial charge in [-0.3, -0.25) is 0 Å². The molecule has 3 atom stereocenters. The van der Waals surface area contributed by atoms with E-state index in [4.69, 9.17) is 0 Å². The van der Waals surface area contributed by atoms with E-state index in [1.165, 1.54) is 38.5 Å². The number of rotatable bonds is 3. The Bertz CT molecular complexity index is 379. The lowest BCUT2D eigenvalue weighted by molar-refractivity contribution is 0.0614. The lowest BCUT2D eigenvalue weighted by Gasteiger charge is -2.45. The Morgan fingerprint density at radius 2 is 0.840 bits per heavy atom. The molecule has 0 radical (unpaired) electrons. The van der Waals surface area contributed by atoms with Crippen molar-refractivity contribution in [2.24, 2.45) is 41.4 Å². The third-order valence-corrected chi connectivity index (χ3v) is 9.33. The summed E-state index contributed by atoms with van der Waals surface area (Å²) >= 11 is 0. The summed E-state index contributed by atoms with van der Waals surface area (Å²) in [5.41, 5.74) is 0. The molecule has 25 heavy (non-hydrogen) atoms. The first kappa shape index (κ1) is 18.4. The summed E-state index contributed by atoms with van der Waals surface area (Å²) in [6, 6.07) is 0. The first-order valence-electron chi connectivity index (χ1n) is 12.3. The van der Waals surface area contributed by atoms with Crippen molar-refractivity contribution in [3.63, 3.8) is 0 Å². The molecule has 0 nitrogen and oxygen atoms in total. The van der Waals surface area contributed by atoms with Crippen LogP contribution in [0.3, 0.4) is 0 Å². The van der Waals surface area contributed by atoms with E-state index in [-0.39, 0.29) is 0 Å². The van der Waals surface area contributed by atoms with Crippen molar-refractivity contribution in [3.8, 4) is 0 Å². The lowest BCUT2D eigenvalue weighted by atomic mass is 9.61. The molecule has 0 aromatic heterocycles. The van der Waals surface area contributed by atoms with Gasteiger partial charge in [-0.05, 0) is 86.4 Å². The molecule has 4 fully saturated rings. The Morgan fingerprint density at radius 1 is 0.400 bits per heavy atom. The SMILES string of the molecule is CC1CC(C2CCC(C3CCCCC3)CC2)CCC1C1CCCCC1. The number of hydrogen-bond acceptors (Lipinski definition) is 0. The largest absolute Gasteiger partial charge is 0.0622 e. The highest BCUT2D eigenvalue weighted by Crippen LogP contribution is 2.49. The molecule has 0 aliphatic heterocycles. The molecule has 4 aliphatic carbocycles. The van der Waals surface area contributed by atoms with E-state index < -0.39 is 0 Å². The molecule has 0 aromatic rings. The highest BCUT2D eigenvalue weighted by atomic mass is 14.4. The van der Waals surface area contributed by atoms with Crippen molar-refractivity contribution in [1.82, 2.24) is 0 Å². The summed E-state index contributed by atoms with van der Waals surface area (Å²) in [6.45, 7) is 2.62. The molecule has 0 heterocycles. The molecule has 0 aromatic carbocycles. The van der Waals surface area contributed by atoms with Crippen LogP contribution in [-0.2, 0) is 0 Å². The van der Waals surface area contributed by atoms with Crippen molar-refractivity contribution >= 4 is 0 Å². The minimum atomic E-state index is 1.03. The Labute approximate surface area is 157 Å². The third kappa shape index (κ3) is 4.47. The lowest BCUT2D eigenvalue weighted by Crippen LogP contribution is -2.34. The van der Waals surface area contributed by atoms with Crippen LogP contribution in [0.5, 0.6) is 0 Å². The summed E-state index contributed by atoms with van der Waals surface area (Å²) < 4.78 is 0. The van der Waals surface area contributed by atoms with Crippen LogP contribution in [0.1, 0.15) is 116 Å². The second-order valence-electron chi connectivity index (χ2n) is 10.7. The summed E-state index contributed by atoms with van der Waals surface area (Å²) in [4.78, 5) is 0. The fourth-order valence-corrected chi connectivity index (χ4v) is 7.85. The normalized spacial score (nSPS) is 42.4. The van der Waals surface area contributed by atoms with Crippen LogP contribution >= 0.6 is 0 Å². The molecular formula is C25H44. The minimum Gasteiger partial charge on any atom is -0.0622 e. The zero-order valence-electron chi connectivity index (χ0n) is 17.1. The van der Waals surface area contributed by atoms with E-state index >= 15 is 0 Å². The van der Waals surface area contributed by atoms with E-state index in [2.05, 4.69) is 6.92 Å². The molecule has 0 heteroatoms. The van der Waals surface area contributed by atoms with E-state index in [9.17, 15) is 0 Å². The molecule has 4 aliphatic rings. The van der Waals surface area contributed by atoms with Crippen molar-refractivity contribution in [3.05, 3.63) is 0 Å². The molecule has 4 rings (SSSR count). The third-order valence-electron chi connectivity index (χ3n) is 9.33. The maximum absolute atomic E-state index is 2.62. The van der Waals surface area contributed by atoms with Gasteiger partial charge in [-0.15, -0.1) is 0 Å². The van der Waals surface area contributed by atoms with E-state index in [0.717, 1.165) is 41.4 Å². The van der Waals surface area contributed by atoms with Crippen molar-refractivity contribution in [1.29, 1.82) is 0 Å². The maximum Gasteiger partial charge on any atom is -0.0360 e. The summed E-state index contributed by atoms with van der Waals surface area (Å²) in [5, 5.41) is 0. The average molecular weight is 345 g/mol. The van der Waals surface area contributed by atoms with Crippen LogP contribution in [0.25, 0.3) is 0 Å². The van der Waals surface area contributed by atoms with Gasteiger partial charge in [0, 0.05) is 0 Å². The van der Waals surface area contributed by atoms with Crippen LogP contribution in [-0.4, -0.2) is 0 Å². The second-order valence-corrected chi connectivity index (χ2v) is 10.7. The Hall–Kier alpha value is 0. The molecule has 3 unspecified atom stereocenters.